The van der Waals surface area contributed by atoms with Crippen LogP contribution < -0.4 is 10.0 Å². The molecule has 3 amide bonds. The Morgan fingerprint density at radius 3 is 2.08 bits per heavy atom. The monoisotopic (exact) mass is 529 g/mol. The van der Waals surface area contributed by atoms with Crippen molar-refractivity contribution in [2.45, 2.75) is 11.3 Å². The highest BCUT2D eigenvalue weighted by molar-refractivity contribution is 7.90. The fraction of sp³-hybridized carbons (Fsp3) is 0.138. The number of nitrogens with one attached hydrogen (secondary N) is 2. The van der Waals surface area contributed by atoms with Crippen molar-refractivity contribution < 1.29 is 22.8 Å². The van der Waals surface area contributed by atoms with E-state index < -0.39 is 27.8 Å². The molecule has 8 nitrogen and oxygen atoms in total. The van der Waals surface area contributed by atoms with E-state index >= 15 is 0 Å². The number of sulfonamides is 1. The first-order valence-electron chi connectivity index (χ1n) is 11.9. The Hall–Kier alpha value is -4.50. The summed E-state index contributed by atoms with van der Waals surface area (Å²) in [5.74, 6) is -2.99. The van der Waals surface area contributed by atoms with Gasteiger partial charge in [0.2, 0.25) is 11.8 Å². The molecule has 0 aliphatic rings. The Bertz CT molecular complexity index is 1580. The summed E-state index contributed by atoms with van der Waals surface area (Å²) in [4.78, 5) is 39.6. The van der Waals surface area contributed by atoms with E-state index in [-0.39, 0.29) is 17.2 Å². The molecule has 0 aliphatic heterocycles. The Morgan fingerprint density at radius 1 is 0.789 bits per heavy atom. The average molecular weight is 530 g/mol. The normalized spacial score (nSPS) is 11.9. The highest BCUT2D eigenvalue weighted by Gasteiger charge is 2.31. The summed E-state index contributed by atoms with van der Waals surface area (Å²) < 4.78 is 28.1. The molecule has 2 N–H and O–H groups in total. The average Bonchev–Trinajstić information content (AvgIpc) is 2.92. The fourth-order valence-corrected chi connectivity index (χ4v) is 5.01. The number of amides is 3. The number of benzene rings is 4. The number of rotatable bonds is 8. The zero-order valence-corrected chi connectivity index (χ0v) is 21.7. The van der Waals surface area contributed by atoms with Crippen molar-refractivity contribution in [3.63, 3.8) is 0 Å². The van der Waals surface area contributed by atoms with Crippen LogP contribution in [0, 0.1) is 5.92 Å². The molecule has 4 aromatic carbocycles. The molecule has 0 saturated heterocycles. The zero-order valence-electron chi connectivity index (χ0n) is 20.9. The second-order valence-electron chi connectivity index (χ2n) is 8.99. The van der Waals surface area contributed by atoms with Gasteiger partial charge in [0.1, 0.15) is 5.92 Å². The fourth-order valence-electron chi connectivity index (χ4n) is 3.95. The lowest BCUT2D eigenvalue weighted by Crippen LogP contribution is -2.44. The Balaban J connectivity index is 1.50. The molecule has 194 valence electrons. The minimum atomic E-state index is -4.21. The van der Waals surface area contributed by atoms with Gasteiger partial charge >= 0.3 is 0 Å². The summed E-state index contributed by atoms with van der Waals surface area (Å²) >= 11 is 0. The summed E-state index contributed by atoms with van der Waals surface area (Å²) in [6, 6.07) is 27.3. The van der Waals surface area contributed by atoms with Gasteiger partial charge in [0.15, 0.2) is 0 Å². The van der Waals surface area contributed by atoms with Crippen LogP contribution in [0.5, 0.6) is 0 Å². The van der Waals surface area contributed by atoms with E-state index in [0.29, 0.717) is 22.2 Å². The second kappa shape index (κ2) is 11.3. The number of fused-ring (bicyclic) bond motifs is 1. The predicted octanol–water partition coefficient (Wildman–Crippen LogP) is 3.84. The minimum Gasteiger partial charge on any atom is -0.348 e. The van der Waals surface area contributed by atoms with Crippen LogP contribution in [0.1, 0.15) is 15.9 Å². The van der Waals surface area contributed by atoms with E-state index in [1.165, 1.54) is 31.1 Å². The summed E-state index contributed by atoms with van der Waals surface area (Å²) in [7, 11) is -1.21. The van der Waals surface area contributed by atoms with Crippen LogP contribution in [0.3, 0.4) is 0 Å². The van der Waals surface area contributed by atoms with Crippen molar-refractivity contribution in [1.29, 1.82) is 0 Å². The van der Waals surface area contributed by atoms with E-state index in [1.807, 2.05) is 18.2 Å². The third-order valence-electron chi connectivity index (χ3n) is 6.01. The maximum atomic E-state index is 13.1. The van der Waals surface area contributed by atoms with Gasteiger partial charge in [-0.25, -0.2) is 13.1 Å². The number of hydrogen-bond acceptors (Lipinski definition) is 5. The number of hydrogen-bond donors (Lipinski definition) is 2. The predicted molar refractivity (Wildman–Crippen MR) is 146 cm³/mol. The third-order valence-corrected chi connectivity index (χ3v) is 7.35. The van der Waals surface area contributed by atoms with Crippen LogP contribution in [0.4, 0.5) is 5.69 Å². The van der Waals surface area contributed by atoms with Crippen LogP contribution >= 0.6 is 0 Å². The van der Waals surface area contributed by atoms with Crippen LogP contribution in [0.15, 0.2) is 102 Å². The van der Waals surface area contributed by atoms with Gasteiger partial charge < -0.3 is 10.2 Å². The van der Waals surface area contributed by atoms with E-state index in [4.69, 9.17) is 0 Å². The molecule has 1 atom stereocenters. The van der Waals surface area contributed by atoms with E-state index in [0.717, 1.165) is 5.39 Å². The molecule has 0 bridgehead atoms. The summed E-state index contributed by atoms with van der Waals surface area (Å²) in [5, 5.41) is 4.37. The Labute approximate surface area is 221 Å². The molecule has 0 spiro atoms. The summed E-state index contributed by atoms with van der Waals surface area (Å²) in [6.45, 7) is 0. The molecule has 0 aromatic heterocycles. The van der Waals surface area contributed by atoms with Crippen LogP contribution in [0.2, 0.25) is 0 Å². The van der Waals surface area contributed by atoms with Crippen LogP contribution in [-0.2, 0) is 26.0 Å². The number of nitrogens with zero attached hydrogens (tertiary/aromatic N) is 1. The van der Waals surface area contributed by atoms with Gasteiger partial charge in [-0.2, -0.15) is 0 Å². The molecule has 4 rings (SSSR count). The van der Waals surface area contributed by atoms with Crippen LogP contribution in [-0.4, -0.2) is 45.1 Å². The van der Waals surface area contributed by atoms with Gasteiger partial charge in [-0.15, -0.1) is 0 Å². The highest BCUT2D eigenvalue weighted by atomic mass is 32.2. The summed E-state index contributed by atoms with van der Waals surface area (Å²) in [6.07, 6.45) is -0.0248. The molecule has 0 radical (unpaired) electrons. The lowest BCUT2D eigenvalue weighted by molar-refractivity contribution is -0.139. The van der Waals surface area contributed by atoms with Gasteiger partial charge in [0, 0.05) is 25.3 Å². The lowest BCUT2D eigenvalue weighted by Gasteiger charge is -2.20. The van der Waals surface area contributed by atoms with Crippen molar-refractivity contribution in [3.05, 3.63) is 108 Å². The Morgan fingerprint density at radius 2 is 1.42 bits per heavy atom. The standard InChI is InChI=1S/C29H27N3O5S/c1-32(2)29(35)26(18-20-12-15-24(16-13-20)30-27(33)22-9-4-3-5-10-22)28(34)31-38(36,37)25-17-14-21-8-6-7-11-23(21)19-25/h3-17,19,26H,18H2,1-2H3,(H,30,33)(H,31,34). The van der Waals surface area contributed by atoms with Crippen molar-refractivity contribution in [2.75, 3.05) is 19.4 Å². The topological polar surface area (TPSA) is 113 Å². The molecule has 9 heteroatoms. The number of carbonyl (C=O) groups is 3. The molecule has 38 heavy (non-hydrogen) atoms. The first-order valence-corrected chi connectivity index (χ1v) is 13.3. The molecule has 0 heterocycles. The molecular weight excluding hydrogens is 502 g/mol. The Kier molecular flexibility index (Phi) is 7.87. The van der Waals surface area contributed by atoms with Gasteiger partial charge in [-0.3, -0.25) is 14.4 Å². The van der Waals surface area contributed by atoms with Crippen molar-refractivity contribution >= 4 is 44.2 Å². The smallest absolute Gasteiger partial charge is 0.264 e. The summed E-state index contributed by atoms with van der Waals surface area (Å²) in [5.41, 5.74) is 1.68. The van der Waals surface area contributed by atoms with Crippen molar-refractivity contribution in [1.82, 2.24) is 9.62 Å². The van der Waals surface area contributed by atoms with Crippen molar-refractivity contribution in [3.8, 4) is 0 Å². The maximum absolute atomic E-state index is 13.1. The second-order valence-corrected chi connectivity index (χ2v) is 10.7. The van der Waals surface area contributed by atoms with Gasteiger partial charge in [-0.1, -0.05) is 60.7 Å². The molecule has 1 unspecified atom stereocenters. The minimum absolute atomic E-state index is 0.0248. The largest absolute Gasteiger partial charge is 0.348 e. The lowest BCUT2D eigenvalue weighted by atomic mass is 9.97. The maximum Gasteiger partial charge on any atom is 0.264 e. The first kappa shape index (κ1) is 26.6. The van der Waals surface area contributed by atoms with E-state index in [1.54, 1.807) is 66.7 Å². The molecular formula is C29H27N3O5S. The van der Waals surface area contributed by atoms with Gasteiger partial charge in [0.05, 0.1) is 4.90 Å². The van der Waals surface area contributed by atoms with Gasteiger partial charge in [0.25, 0.3) is 15.9 Å². The quantitative estimate of drug-likeness (QED) is 0.337. The molecule has 0 fully saturated rings. The molecule has 0 saturated carbocycles. The zero-order chi connectivity index (χ0) is 27.3. The highest BCUT2D eigenvalue weighted by Crippen LogP contribution is 2.20. The number of anilines is 1. The van der Waals surface area contributed by atoms with E-state index in [9.17, 15) is 22.8 Å². The van der Waals surface area contributed by atoms with Crippen molar-refractivity contribution in [2.24, 2.45) is 5.92 Å². The number of carbonyl (C=O) groups excluding carboxylic acids is 3. The van der Waals surface area contributed by atoms with Crippen LogP contribution in [0.25, 0.3) is 10.8 Å². The first-order chi connectivity index (χ1) is 18.1. The molecule has 0 aliphatic carbocycles. The molecule has 4 aromatic rings. The SMILES string of the molecule is CN(C)C(=O)C(Cc1ccc(NC(=O)c2ccccc2)cc1)C(=O)NS(=O)(=O)c1ccc2ccccc2c1. The van der Waals surface area contributed by atoms with E-state index in [2.05, 4.69) is 10.0 Å². The van der Waals surface area contributed by atoms with Gasteiger partial charge in [-0.05, 0) is 59.2 Å². The third kappa shape index (κ3) is 6.24.